The number of nitrogens with one attached hydrogen (secondary N) is 1. The Morgan fingerprint density at radius 3 is 2.44 bits per heavy atom. The van der Waals surface area contributed by atoms with Gasteiger partial charge in [0.05, 0.1) is 18.6 Å². The molecule has 3 aromatic rings. The third kappa shape index (κ3) is 4.80. The lowest BCUT2D eigenvalue weighted by Gasteiger charge is -2.06. The van der Waals surface area contributed by atoms with E-state index < -0.39 is 5.97 Å². The average Bonchev–Trinajstić information content (AvgIpc) is 3.08. The van der Waals surface area contributed by atoms with Gasteiger partial charge in [0.2, 0.25) is 5.91 Å². The molecule has 4 nitrogen and oxygen atoms in total. The van der Waals surface area contributed by atoms with Crippen LogP contribution in [0.15, 0.2) is 60.7 Å². The van der Waals surface area contributed by atoms with Gasteiger partial charge in [0.25, 0.3) is 0 Å². The number of hydrogen-bond acceptors (Lipinski definition) is 4. The first-order valence-corrected chi connectivity index (χ1v) is 9.29. The first-order valence-electron chi connectivity index (χ1n) is 8.47. The highest BCUT2D eigenvalue weighted by atomic mass is 32.1. The molecule has 1 aromatic heterocycles. The fraction of sp³-hybridized carbons (Fsp3) is 0.143. The predicted molar refractivity (Wildman–Crippen MR) is 104 cm³/mol. The molecule has 0 atom stereocenters. The number of carbonyl (C=O) groups excluding carboxylic acids is 2. The molecule has 6 heteroatoms. The van der Waals surface area contributed by atoms with Crippen LogP contribution < -0.4 is 5.32 Å². The Kier molecular flexibility index (Phi) is 5.98. The van der Waals surface area contributed by atoms with Gasteiger partial charge < -0.3 is 10.1 Å². The number of amides is 1. The molecule has 0 aliphatic heterocycles. The lowest BCUT2D eigenvalue weighted by Crippen LogP contribution is -2.16. The largest absolute Gasteiger partial charge is 0.462 e. The molecule has 1 N–H and O–H groups in total. The summed E-state index contributed by atoms with van der Waals surface area (Å²) in [6, 6.07) is 17.1. The maximum atomic E-state index is 13.0. The Hall–Kier alpha value is -2.99. The second kappa shape index (κ2) is 8.60. The van der Waals surface area contributed by atoms with Crippen molar-refractivity contribution in [1.82, 2.24) is 0 Å². The van der Waals surface area contributed by atoms with E-state index in [0.717, 1.165) is 10.4 Å². The van der Waals surface area contributed by atoms with Crippen molar-refractivity contribution in [1.29, 1.82) is 0 Å². The molecule has 3 rings (SSSR count). The second-order valence-corrected chi connectivity index (χ2v) is 6.84. The number of ether oxygens (including phenoxy) is 1. The topological polar surface area (TPSA) is 55.4 Å². The molecule has 0 saturated carbocycles. The highest BCUT2D eigenvalue weighted by molar-refractivity contribution is 7.20. The van der Waals surface area contributed by atoms with Crippen LogP contribution in [-0.4, -0.2) is 18.5 Å². The normalized spacial score (nSPS) is 10.4. The molecule has 0 aliphatic rings. The summed E-state index contributed by atoms with van der Waals surface area (Å²) >= 11 is 1.32. The summed E-state index contributed by atoms with van der Waals surface area (Å²) in [4.78, 5) is 25.5. The van der Waals surface area contributed by atoms with E-state index in [-0.39, 0.29) is 24.8 Å². The number of esters is 1. The fourth-order valence-electron chi connectivity index (χ4n) is 2.55. The minimum atomic E-state index is -0.479. The number of rotatable bonds is 6. The molecule has 0 bridgehead atoms. The summed E-state index contributed by atoms with van der Waals surface area (Å²) in [5.41, 5.74) is 1.96. The molecule has 0 saturated heterocycles. The van der Waals surface area contributed by atoms with Gasteiger partial charge in [0.1, 0.15) is 10.8 Å². The fourth-order valence-corrected chi connectivity index (χ4v) is 3.62. The van der Waals surface area contributed by atoms with Crippen LogP contribution in [0.2, 0.25) is 0 Å². The monoisotopic (exact) mass is 383 g/mol. The van der Waals surface area contributed by atoms with Gasteiger partial charge in [-0.1, -0.05) is 42.5 Å². The number of benzene rings is 2. The summed E-state index contributed by atoms with van der Waals surface area (Å²) in [6.45, 7) is 1.98. The van der Waals surface area contributed by atoms with Gasteiger partial charge >= 0.3 is 5.97 Å². The van der Waals surface area contributed by atoms with Crippen LogP contribution in [0.5, 0.6) is 0 Å². The zero-order chi connectivity index (χ0) is 19.2. The van der Waals surface area contributed by atoms with Crippen molar-refractivity contribution >= 4 is 28.2 Å². The van der Waals surface area contributed by atoms with Crippen LogP contribution in [-0.2, 0) is 16.0 Å². The van der Waals surface area contributed by atoms with Crippen molar-refractivity contribution in [3.63, 3.8) is 0 Å². The summed E-state index contributed by atoms with van der Waals surface area (Å²) in [5, 5.41) is 3.23. The van der Waals surface area contributed by atoms with E-state index in [9.17, 15) is 14.0 Å². The van der Waals surface area contributed by atoms with Crippen molar-refractivity contribution in [2.75, 3.05) is 11.9 Å². The number of thiophene rings is 1. The molecule has 1 heterocycles. The van der Waals surface area contributed by atoms with Crippen LogP contribution >= 0.6 is 11.3 Å². The molecule has 138 valence electrons. The van der Waals surface area contributed by atoms with Crippen molar-refractivity contribution in [2.45, 2.75) is 13.3 Å². The molecule has 1 amide bonds. The zero-order valence-electron chi connectivity index (χ0n) is 14.7. The minimum Gasteiger partial charge on any atom is -0.462 e. The molecule has 0 spiro atoms. The van der Waals surface area contributed by atoms with Crippen molar-refractivity contribution in [3.05, 3.63) is 77.6 Å². The van der Waals surface area contributed by atoms with Crippen molar-refractivity contribution in [3.8, 4) is 10.4 Å². The molecule has 0 aliphatic carbocycles. The van der Waals surface area contributed by atoms with Crippen LogP contribution in [0.1, 0.15) is 22.8 Å². The molecule has 2 aromatic carbocycles. The van der Waals surface area contributed by atoms with Gasteiger partial charge in [-0.15, -0.1) is 11.3 Å². The molecule has 0 unspecified atom stereocenters. The maximum absolute atomic E-state index is 13.0. The molecule has 0 fully saturated rings. The number of hydrogen-bond donors (Lipinski definition) is 1. The summed E-state index contributed by atoms with van der Waals surface area (Å²) in [7, 11) is 0. The van der Waals surface area contributed by atoms with E-state index >= 15 is 0 Å². The lowest BCUT2D eigenvalue weighted by atomic mass is 10.1. The van der Waals surface area contributed by atoms with E-state index in [2.05, 4.69) is 5.32 Å². The van der Waals surface area contributed by atoms with Crippen LogP contribution in [0.3, 0.4) is 0 Å². The van der Waals surface area contributed by atoms with Crippen LogP contribution in [0.4, 0.5) is 9.39 Å². The summed E-state index contributed by atoms with van der Waals surface area (Å²) < 4.78 is 18.1. The number of halogens is 1. The average molecular weight is 383 g/mol. The first-order chi connectivity index (χ1) is 13.1. The van der Waals surface area contributed by atoms with Gasteiger partial charge in [0.15, 0.2) is 0 Å². The third-order valence-electron chi connectivity index (χ3n) is 3.82. The van der Waals surface area contributed by atoms with Gasteiger partial charge in [0, 0.05) is 4.88 Å². The Balaban J connectivity index is 1.83. The Labute approximate surface area is 160 Å². The summed E-state index contributed by atoms with van der Waals surface area (Å²) in [5.74, 6) is -1.11. The lowest BCUT2D eigenvalue weighted by molar-refractivity contribution is -0.115. The van der Waals surface area contributed by atoms with Crippen LogP contribution in [0, 0.1) is 5.82 Å². The van der Waals surface area contributed by atoms with Gasteiger partial charge in [-0.2, -0.15) is 0 Å². The quantitative estimate of drug-likeness (QED) is 0.615. The SMILES string of the molecule is CCOC(=O)c1cc(-c2ccccc2)sc1NC(=O)Cc1ccc(F)cc1. The maximum Gasteiger partial charge on any atom is 0.341 e. The number of anilines is 1. The van der Waals surface area contributed by atoms with Gasteiger partial charge in [-0.25, -0.2) is 9.18 Å². The summed E-state index contributed by atoms with van der Waals surface area (Å²) in [6.07, 6.45) is 0.0844. The highest BCUT2D eigenvalue weighted by Gasteiger charge is 2.20. The Bertz CT molecular complexity index is 936. The molecular formula is C21H18FNO3S. The zero-order valence-corrected chi connectivity index (χ0v) is 15.5. The van der Waals surface area contributed by atoms with E-state index in [1.54, 1.807) is 25.1 Å². The standard InChI is InChI=1S/C21H18FNO3S/c1-2-26-21(25)17-13-18(15-6-4-3-5-7-15)27-20(17)23-19(24)12-14-8-10-16(22)11-9-14/h3-11,13H,2,12H2,1H3,(H,23,24). The highest BCUT2D eigenvalue weighted by Crippen LogP contribution is 2.36. The number of carbonyl (C=O) groups is 2. The predicted octanol–water partition coefficient (Wildman–Crippen LogP) is 4.91. The minimum absolute atomic E-state index is 0.0844. The van der Waals surface area contributed by atoms with Gasteiger partial charge in [-0.3, -0.25) is 4.79 Å². The van der Waals surface area contributed by atoms with Crippen molar-refractivity contribution < 1.29 is 18.7 Å². The molecule has 27 heavy (non-hydrogen) atoms. The van der Waals surface area contributed by atoms with E-state index in [4.69, 9.17) is 4.74 Å². The van der Waals surface area contributed by atoms with E-state index in [0.29, 0.717) is 16.1 Å². The Morgan fingerprint density at radius 1 is 1.07 bits per heavy atom. The second-order valence-electron chi connectivity index (χ2n) is 5.79. The van der Waals surface area contributed by atoms with E-state index in [1.165, 1.54) is 23.5 Å². The smallest absolute Gasteiger partial charge is 0.341 e. The Morgan fingerprint density at radius 2 is 1.78 bits per heavy atom. The van der Waals surface area contributed by atoms with Crippen molar-refractivity contribution in [2.24, 2.45) is 0 Å². The van der Waals surface area contributed by atoms with Gasteiger partial charge in [-0.05, 0) is 36.2 Å². The van der Waals surface area contributed by atoms with E-state index in [1.807, 2.05) is 30.3 Å². The molecule has 0 radical (unpaired) electrons. The van der Waals surface area contributed by atoms with Crippen LogP contribution in [0.25, 0.3) is 10.4 Å². The molecular weight excluding hydrogens is 365 g/mol. The third-order valence-corrected chi connectivity index (χ3v) is 4.92. The first kappa shape index (κ1) is 18.8.